The largest absolute Gasteiger partial charge is 0.469 e. The minimum atomic E-state index is -0.524. The number of amides is 1. The molecule has 1 amide bonds. The number of benzene rings is 1. The van der Waals surface area contributed by atoms with Crippen molar-refractivity contribution in [3.05, 3.63) is 59.3 Å². The summed E-state index contributed by atoms with van der Waals surface area (Å²) in [6, 6.07) is 14.0. The summed E-state index contributed by atoms with van der Waals surface area (Å²) < 4.78 is 11.7. The van der Waals surface area contributed by atoms with E-state index in [-0.39, 0.29) is 12.2 Å². The van der Waals surface area contributed by atoms with Crippen molar-refractivity contribution >= 4 is 40.0 Å². The van der Waals surface area contributed by atoms with E-state index in [9.17, 15) is 4.79 Å². The van der Waals surface area contributed by atoms with Crippen molar-refractivity contribution in [2.24, 2.45) is 0 Å². The molecule has 0 atom stereocenters. The van der Waals surface area contributed by atoms with E-state index in [1.54, 1.807) is 11.0 Å². The van der Waals surface area contributed by atoms with Gasteiger partial charge < -0.3 is 19.3 Å². The predicted molar refractivity (Wildman–Crippen MR) is 136 cm³/mol. The van der Waals surface area contributed by atoms with Crippen molar-refractivity contribution in [3.8, 4) is 5.88 Å². The lowest BCUT2D eigenvalue weighted by Crippen LogP contribution is -2.54. The molecule has 5 rings (SSSR count). The van der Waals surface area contributed by atoms with Crippen molar-refractivity contribution in [3.63, 3.8) is 0 Å². The number of hydrogen-bond acceptors (Lipinski definition) is 7. The van der Waals surface area contributed by atoms with E-state index in [0.717, 1.165) is 27.9 Å². The topological polar surface area (TPSA) is 80.7 Å². The zero-order valence-electron chi connectivity index (χ0n) is 20.1. The lowest BCUT2D eigenvalue weighted by atomic mass is 10.0. The van der Waals surface area contributed by atoms with Gasteiger partial charge in [0.25, 0.3) is 0 Å². The molecule has 2 aliphatic rings. The van der Waals surface area contributed by atoms with Crippen LogP contribution in [0.25, 0.3) is 16.5 Å². The van der Waals surface area contributed by atoms with Crippen molar-refractivity contribution in [2.75, 3.05) is 31.1 Å². The van der Waals surface area contributed by atoms with Crippen molar-refractivity contribution < 1.29 is 14.3 Å². The maximum atomic E-state index is 12.4. The Hall–Kier alpha value is -3.39. The number of aromatic nitrogens is 3. The van der Waals surface area contributed by atoms with Crippen LogP contribution in [0.4, 0.5) is 10.6 Å². The Kier molecular flexibility index (Phi) is 6.23. The van der Waals surface area contributed by atoms with E-state index in [1.807, 2.05) is 51.1 Å². The first-order chi connectivity index (χ1) is 16.7. The summed E-state index contributed by atoms with van der Waals surface area (Å²) in [6.07, 6.45) is 2.31. The maximum absolute atomic E-state index is 12.4. The number of ether oxygens (including phenoxy) is 2. The SMILES string of the molecule is CC(C)(C)OC(=O)N1CC=C(c2cc(Cl)nnc2OC2CN(c3ccc4ccccc4n3)C2)CC1. The number of rotatable bonds is 4. The second kappa shape index (κ2) is 9.34. The summed E-state index contributed by atoms with van der Waals surface area (Å²) in [5, 5.41) is 9.65. The number of fused-ring (bicyclic) bond motifs is 1. The first-order valence-corrected chi connectivity index (χ1v) is 12.1. The number of carbonyl (C=O) groups excluding carboxylic acids is 1. The monoisotopic (exact) mass is 493 g/mol. The van der Waals surface area contributed by atoms with E-state index in [2.05, 4.69) is 27.2 Å². The average Bonchev–Trinajstić information content (AvgIpc) is 2.80. The van der Waals surface area contributed by atoms with Crippen molar-refractivity contribution in [1.29, 1.82) is 0 Å². The van der Waals surface area contributed by atoms with E-state index in [1.165, 1.54) is 0 Å². The highest BCUT2D eigenvalue weighted by Crippen LogP contribution is 2.32. The Morgan fingerprint density at radius 1 is 1.11 bits per heavy atom. The van der Waals surface area contributed by atoms with Gasteiger partial charge in [0, 0.05) is 24.0 Å². The van der Waals surface area contributed by atoms with Crippen molar-refractivity contribution in [2.45, 2.75) is 38.9 Å². The smallest absolute Gasteiger partial charge is 0.410 e. The molecule has 9 heteroatoms. The molecule has 182 valence electrons. The second-order valence-electron chi connectivity index (χ2n) is 9.80. The molecule has 0 N–H and O–H groups in total. The van der Waals surface area contributed by atoms with Crippen LogP contribution < -0.4 is 9.64 Å². The third-order valence-electron chi connectivity index (χ3n) is 5.97. The summed E-state index contributed by atoms with van der Waals surface area (Å²) in [5.74, 6) is 1.39. The quantitative estimate of drug-likeness (QED) is 0.507. The normalized spacial score (nSPS) is 16.6. The van der Waals surface area contributed by atoms with Crippen LogP contribution in [-0.4, -0.2) is 64.1 Å². The summed E-state index contributed by atoms with van der Waals surface area (Å²) in [4.78, 5) is 21.0. The Balaban J connectivity index is 1.25. The van der Waals surface area contributed by atoms with Crippen LogP contribution in [0.5, 0.6) is 5.88 Å². The van der Waals surface area contributed by atoms with Gasteiger partial charge in [0.1, 0.15) is 17.5 Å². The van der Waals surface area contributed by atoms with E-state index < -0.39 is 5.60 Å². The molecule has 1 saturated heterocycles. The molecule has 2 aromatic heterocycles. The van der Waals surface area contributed by atoms with E-state index in [4.69, 9.17) is 26.1 Å². The lowest BCUT2D eigenvalue weighted by molar-refractivity contribution is 0.0270. The van der Waals surface area contributed by atoms with Gasteiger partial charge >= 0.3 is 6.09 Å². The lowest BCUT2D eigenvalue weighted by Gasteiger charge is -2.39. The maximum Gasteiger partial charge on any atom is 0.410 e. The zero-order chi connectivity index (χ0) is 24.6. The Bertz CT molecular complexity index is 1280. The molecule has 4 heterocycles. The molecule has 3 aromatic rings. The van der Waals surface area contributed by atoms with Crippen molar-refractivity contribution in [1.82, 2.24) is 20.1 Å². The highest BCUT2D eigenvalue weighted by atomic mass is 35.5. The van der Waals surface area contributed by atoms with Gasteiger partial charge in [0.05, 0.1) is 18.6 Å². The summed E-state index contributed by atoms with van der Waals surface area (Å²) >= 11 is 6.17. The Labute approximate surface area is 209 Å². The molecule has 0 bridgehead atoms. The number of hydrogen-bond donors (Lipinski definition) is 0. The fourth-order valence-electron chi connectivity index (χ4n) is 4.17. The number of pyridine rings is 1. The molecule has 0 aliphatic carbocycles. The van der Waals surface area contributed by atoms with Gasteiger partial charge in [-0.2, -0.15) is 0 Å². The molecular weight excluding hydrogens is 466 g/mol. The standard InChI is InChI=1S/C26H28ClN5O3/c1-26(2,3)35-25(33)31-12-10-17(11-13-31)20-14-22(27)29-30-24(20)34-19-15-32(16-19)23-9-8-18-6-4-5-7-21(18)28-23/h4-10,14,19H,11-13,15-16H2,1-3H3. The van der Waals surface area contributed by atoms with Crippen LogP contribution >= 0.6 is 11.6 Å². The Morgan fingerprint density at radius 3 is 2.66 bits per heavy atom. The predicted octanol–water partition coefficient (Wildman–Crippen LogP) is 4.97. The number of para-hydroxylation sites is 1. The highest BCUT2D eigenvalue weighted by molar-refractivity contribution is 6.29. The second-order valence-corrected chi connectivity index (χ2v) is 10.2. The third kappa shape index (κ3) is 5.32. The van der Waals surface area contributed by atoms with Gasteiger partial charge in [-0.25, -0.2) is 9.78 Å². The molecule has 2 aliphatic heterocycles. The number of halogens is 1. The minimum absolute atomic E-state index is 0.0278. The molecule has 1 aromatic carbocycles. The molecule has 0 spiro atoms. The first-order valence-electron chi connectivity index (χ1n) is 11.7. The molecule has 35 heavy (non-hydrogen) atoms. The average molecular weight is 494 g/mol. The van der Waals surface area contributed by atoms with Gasteiger partial charge in [-0.05, 0) is 57.0 Å². The fourth-order valence-corrected chi connectivity index (χ4v) is 4.32. The summed E-state index contributed by atoms with van der Waals surface area (Å²) in [6.45, 7) is 8.01. The summed E-state index contributed by atoms with van der Waals surface area (Å²) in [7, 11) is 0. The van der Waals surface area contributed by atoms with Gasteiger partial charge in [-0.3, -0.25) is 0 Å². The minimum Gasteiger partial charge on any atom is -0.469 e. The van der Waals surface area contributed by atoms with Gasteiger partial charge in [-0.15, -0.1) is 10.2 Å². The van der Waals surface area contributed by atoms with Gasteiger partial charge in [0.2, 0.25) is 5.88 Å². The zero-order valence-corrected chi connectivity index (χ0v) is 20.8. The fraction of sp³-hybridized carbons (Fsp3) is 0.385. The van der Waals surface area contributed by atoms with Crippen LogP contribution in [0.15, 0.2) is 48.5 Å². The Morgan fingerprint density at radius 2 is 1.91 bits per heavy atom. The first kappa shape index (κ1) is 23.4. The number of nitrogens with zero attached hydrogens (tertiary/aromatic N) is 5. The number of carbonyl (C=O) groups is 1. The molecular formula is C26H28ClN5O3. The van der Waals surface area contributed by atoms with Crippen LogP contribution in [0.2, 0.25) is 5.15 Å². The van der Waals surface area contributed by atoms with Crippen LogP contribution in [-0.2, 0) is 4.74 Å². The van der Waals surface area contributed by atoms with Gasteiger partial charge in [0.15, 0.2) is 5.15 Å². The van der Waals surface area contributed by atoms with E-state index >= 15 is 0 Å². The van der Waals surface area contributed by atoms with Gasteiger partial charge in [-0.1, -0.05) is 35.9 Å². The molecule has 0 saturated carbocycles. The van der Waals surface area contributed by atoms with Crippen LogP contribution in [0, 0.1) is 0 Å². The van der Waals surface area contributed by atoms with Crippen LogP contribution in [0.3, 0.4) is 0 Å². The van der Waals surface area contributed by atoms with Crippen LogP contribution in [0.1, 0.15) is 32.8 Å². The molecule has 0 radical (unpaired) electrons. The highest BCUT2D eigenvalue weighted by Gasteiger charge is 2.32. The number of anilines is 1. The van der Waals surface area contributed by atoms with E-state index in [0.29, 0.717) is 43.6 Å². The third-order valence-corrected chi connectivity index (χ3v) is 6.16. The molecule has 0 unspecified atom stereocenters. The molecule has 1 fully saturated rings. The molecule has 8 nitrogen and oxygen atoms in total. The summed E-state index contributed by atoms with van der Waals surface area (Å²) in [5.41, 5.74) is 2.30.